The number of hydrogen-bond acceptors (Lipinski definition) is 4. The molecule has 0 saturated carbocycles. The van der Waals surface area contributed by atoms with Gasteiger partial charge >= 0.3 is 12.3 Å². The predicted molar refractivity (Wildman–Crippen MR) is 90.3 cm³/mol. The van der Waals surface area contributed by atoms with Crippen LogP contribution in [0, 0.1) is 0 Å². The maximum absolute atomic E-state index is 12.1. The molecule has 0 aliphatic heterocycles. The van der Waals surface area contributed by atoms with Gasteiger partial charge in [0.2, 0.25) is 0 Å². The zero-order chi connectivity index (χ0) is 19.6. The fourth-order valence-corrected chi connectivity index (χ4v) is 2.77. The molecule has 3 aromatic rings. The zero-order valence-corrected chi connectivity index (χ0v) is 14.3. The van der Waals surface area contributed by atoms with Crippen molar-refractivity contribution in [1.29, 1.82) is 0 Å². The smallest absolute Gasteiger partial charge is 0.492 e. The van der Waals surface area contributed by atoms with Gasteiger partial charge in [-0.3, -0.25) is 0 Å². The van der Waals surface area contributed by atoms with E-state index in [2.05, 4.69) is 9.72 Å². The summed E-state index contributed by atoms with van der Waals surface area (Å²) < 4.78 is 47.2. The number of pyridine rings is 1. The Morgan fingerprint density at radius 2 is 1.85 bits per heavy atom. The number of rotatable bonds is 6. The van der Waals surface area contributed by atoms with E-state index < -0.39 is 12.3 Å². The zero-order valence-electron chi connectivity index (χ0n) is 13.5. The molecule has 0 unspecified atom stereocenters. The van der Waals surface area contributed by atoms with Crippen LogP contribution in [0.2, 0.25) is 5.15 Å². The first-order chi connectivity index (χ1) is 12.7. The molecular weight excluding hydrogens is 389 g/mol. The van der Waals surface area contributed by atoms with Gasteiger partial charge in [0.15, 0.2) is 0 Å². The second-order valence-electron chi connectivity index (χ2n) is 5.39. The first-order valence-electron chi connectivity index (χ1n) is 7.60. The van der Waals surface area contributed by atoms with Crippen molar-refractivity contribution in [2.75, 3.05) is 6.61 Å². The van der Waals surface area contributed by atoms with Crippen LogP contribution in [0.3, 0.4) is 0 Å². The van der Waals surface area contributed by atoms with Crippen LogP contribution in [0.15, 0.2) is 42.6 Å². The molecule has 2 aromatic heterocycles. The molecule has 27 heavy (non-hydrogen) atoms. The third-order valence-electron chi connectivity index (χ3n) is 3.64. The number of hydrogen-bond donors (Lipinski definition) is 1. The van der Waals surface area contributed by atoms with Crippen LogP contribution >= 0.6 is 11.6 Å². The molecule has 0 spiro atoms. The number of aromatic nitrogens is 2. The quantitative estimate of drug-likeness (QED) is 0.622. The Balaban J connectivity index is 1.71. The number of carbonyl (C=O) groups is 1. The maximum Gasteiger partial charge on any atom is 0.573 e. The Morgan fingerprint density at radius 3 is 2.48 bits per heavy atom. The number of carboxylic acid groups (broad SMARTS) is 1. The molecule has 6 nitrogen and oxygen atoms in total. The van der Waals surface area contributed by atoms with Gasteiger partial charge in [0, 0.05) is 11.6 Å². The van der Waals surface area contributed by atoms with Crippen molar-refractivity contribution in [3.63, 3.8) is 0 Å². The van der Waals surface area contributed by atoms with Gasteiger partial charge in [0.05, 0.1) is 12.1 Å². The van der Waals surface area contributed by atoms with Crippen LogP contribution in [0.25, 0.3) is 10.9 Å². The topological polar surface area (TPSA) is 73.6 Å². The van der Waals surface area contributed by atoms with E-state index >= 15 is 0 Å². The normalized spacial score (nSPS) is 11.6. The molecule has 0 radical (unpaired) electrons. The molecule has 0 saturated heterocycles. The molecule has 10 heteroatoms. The molecule has 0 bridgehead atoms. The molecule has 1 N–H and O–H groups in total. The Kier molecular flexibility index (Phi) is 5.13. The fourth-order valence-electron chi connectivity index (χ4n) is 2.56. The lowest BCUT2D eigenvalue weighted by molar-refractivity contribution is -0.274. The number of halogens is 4. The lowest BCUT2D eigenvalue weighted by atomic mass is 10.3. The molecule has 0 aliphatic rings. The summed E-state index contributed by atoms with van der Waals surface area (Å²) in [4.78, 5) is 15.4. The lowest BCUT2D eigenvalue weighted by Crippen LogP contribution is -2.17. The van der Waals surface area contributed by atoms with Gasteiger partial charge in [-0.2, -0.15) is 0 Å². The Morgan fingerprint density at radius 1 is 1.19 bits per heavy atom. The Hall–Kier alpha value is -2.94. The molecule has 142 valence electrons. The van der Waals surface area contributed by atoms with Crippen LogP contribution in [-0.2, 0) is 6.54 Å². The van der Waals surface area contributed by atoms with Crippen LogP contribution in [0.4, 0.5) is 13.2 Å². The van der Waals surface area contributed by atoms with E-state index in [1.165, 1.54) is 29.0 Å². The number of alkyl halides is 3. The molecule has 0 atom stereocenters. The summed E-state index contributed by atoms with van der Waals surface area (Å²) in [5, 5.41) is 10.1. The summed E-state index contributed by atoms with van der Waals surface area (Å²) in [6.07, 6.45) is -3.30. The van der Waals surface area contributed by atoms with Gasteiger partial charge in [0.1, 0.15) is 29.0 Å². The second kappa shape index (κ2) is 7.36. The number of carboxylic acids is 1. The predicted octanol–water partition coefficient (Wildman–Crippen LogP) is 4.37. The first-order valence-corrected chi connectivity index (χ1v) is 7.98. The van der Waals surface area contributed by atoms with E-state index in [1.807, 2.05) is 0 Å². The van der Waals surface area contributed by atoms with E-state index in [1.54, 1.807) is 6.07 Å². The van der Waals surface area contributed by atoms with Gasteiger partial charge in [-0.05, 0) is 36.4 Å². The van der Waals surface area contributed by atoms with Crippen molar-refractivity contribution < 1.29 is 32.5 Å². The number of fused-ring (bicyclic) bond motifs is 1. The third-order valence-corrected chi connectivity index (χ3v) is 3.94. The highest BCUT2D eigenvalue weighted by Crippen LogP contribution is 2.26. The van der Waals surface area contributed by atoms with E-state index in [9.17, 15) is 23.1 Å². The van der Waals surface area contributed by atoms with E-state index in [-0.39, 0.29) is 29.7 Å². The highest BCUT2D eigenvalue weighted by atomic mass is 35.5. The van der Waals surface area contributed by atoms with Gasteiger partial charge in [0.25, 0.3) is 0 Å². The van der Waals surface area contributed by atoms with Crippen molar-refractivity contribution in [2.45, 2.75) is 12.9 Å². The van der Waals surface area contributed by atoms with Crippen molar-refractivity contribution in [1.82, 2.24) is 9.55 Å². The average molecular weight is 401 g/mol. The van der Waals surface area contributed by atoms with Gasteiger partial charge in [-0.1, -0.05) is 11.6 Å². The summed E-state index contributed by atoms with van der Waals surface area (Å²) in [5.41, 5.74) is 0.613. The Labute approximate surface area is 155 Å². The highest BCUT2D eigenvalue weighted by Gasteiger charge is 2.31. The maximum atomic E-state index is 12.1. The number of aromatic carboxylic acids is 1. The van der Waals surface area contributed by atoms with Crippen LogP contribution in [-0.4, -0.2) is 33.6 Å². The summed E-state index contributed by atoms with van der Waals surface area (Å²) in [6.45, 7) is 0.274. The molecule has 0 amide bonds. The van der Waals surface area contributed by atoms with Crippen molar-refractivity contribution in [3.8, 4) is 11.5 Å². The molecule has 3 rings (SSSR count). The molecule has 0 fully saturated rings. The van der Waals surface area contributed by atoms with Crippen LogP contribution < -0.4 is 9.47 Å². The number of nitrogens with zero attached hydrogens (tertiary/aromatic N) is 2. The first kappa shape index (κ1) is 18.8. The largest absolute Gasteiger partial charge is 0.573 e. The van der Waals surface area contributed by atoms with Crippen molar-refractivity contribution in [2.24, 2.45) is 0 Å². The summed E-state index contributed by atoms with van der Waals surface area (Å²) in [5.74, 6) is -1.17. The summed E-state index contributed by atoms with van der Waals surface area (Å²) in [7, 11) is 0. The second-order valence-corrected chi connectivity index (χ2v) is 5.75. The van der Waals surface area contributed by atoms with Gasteiger partial charge in [-0.15, -0.1) is 13.2 Å². The molecule has 1 aromatic carbocycles. The minimum atomic E-state index is -4.76. The van der Waals surface area contributed by atoms with Crippen molar-refractivity contribution >= 4 is 28.5 Å². The van der Waals surface area contributed by atoms with E-state index in [0.29, 0.717) is 16.7 Å². The van der Waals surface area contributed by atoms with Crippen LogP contribution in [0.5, 0.6) is 11.5 Å². The van der Waals surface area contributed by atoms with E-state index in [0.717, 1.165) is 12.1 Å². The number of benzene rings is 1. The highest BCUT2D eigenvalue weighted by molar-refractivity contribution is 6.34. The van der Waals surface area contributed by atoms with Crippen LogP contribution in [0.1, 0.15) is 10.5 Å². The van der Waals surface area contributed by atoms with Gasteiger partial charge < -0.3 is 19.1 Å². The number of ether oxygens (including phenoxy) is 2. The standard InChI is InChI=1S/C17H12ClF3N2O4/c18-15-12-9-14(16(24)25)23(13(12)5-6-22-15)7-8-26-10-1-3-11(4-2-10)27-17(19,20)21/h1-6,9H,7-8H2,(H,24,25). The minimum absolute atomic E-state index is 0.0254. The monoisotopic (exact) mass is 400 g/mol. The SMILES string of the molecule is O=C(O)c1cc2c(Cl)nccc2n1CCOc1ccc(OC(F)(F)F)cc1. The van der Waals surface area contributed by atoms with Crippen molar-refractivity contribution in [3.05, 3.63) is 53.4 Å². The van der Waals surface area contributed by atoms with Gasteiger partial charge in [-0.25, -0.2) is 9.78 Å². The van der Waals surface area contributed by atoms with E-state index in [4.69, 9.17) is 16.3 Å². The molecular formula is C17H12ClF3N2O4. The Bertz CT molecular complexity index is 971. The third kappa shape index (κ3) is 4.43. The lowest BCUT2D eigenvalue weighted by Gasteiger charge is -2.12. The fraction of sp³-hybridized carbons (Fsp3) is 0.176. The summed E-state index contributed by atoms with van der Waals surface area (Å²) in [6, 6.07) is 7.97. The summed E-state index contributed by atoms with van der Waals surface area (Å²) >= 11 is 6.00. The molecule has 0 aliphatic carbocycles. The minimum Gasteiger partial charge on any atom is -0.492 e. The molecule has 2 heterocycles. The average Bonchev–Trinajstić information content (AvgIpc) is 2.96.